The molecule has 3 aromatic rings. The molecular formula is C19H21N3O2. The molecule has 0 bridgehead atoms. The van der Waals surface area contributed by atoms with Crippen LogP contribution in [0.4, 0.5) is 5.69 Å². The molecule has 24 heavy (non-hydrogen) atoms. The van der Waals surface area contributed by atoms with E-state index in [-0.39, 0.29) is 12.3 Å². The van der Waals surface area contributed by atoms with E-state index in [9.17, 15) is 9.90 Å². The van der Waals surface area contributed by atoms with Crippen LogP contribution in [0, 0.1) is 13.8 Å². The normalized spacial score (nSPS) is 12.2. The summed E-state index contributed by atoms with van der Waals surface area (Å²) in [6, 6.07) is 13.8. The lowest BCUT2D eigenvalue weighted by Gasteiger charge is -2.16. The minimum atomic E-state index is -0.830. The number of carbonyl (C=O) groups is 1. The number of fused-ring (bicyclic) bond motifs is 1. The molecule has 0 spiro atoms. The fourth-order valence-electron chi connectivity index (χ4n) is 2.82. The van der Waals surface area contributed by atoms with Crippen LogP contribution < -0.4 is 5.32 Å². The van der Waals surface area contributed by atoms with Gasteiger partial charge in [0.25, 0.3) is 0 Å². The Hall–Kier alpha value is -2.82. The van der Waals surface area contributed by atoms with Gasteiger partial charge in [-0.3, -0.25) is 4.79 Å². The number of nitrogens with zero attached hydrogens (tertiary/aromatic N) is 1. The van der Waals surface area contributed by atoms with E-state index >= 15 is 0 Å². The van der Waals surface area contributed by atoms with Gasteiger partial charge in [-0.05, 0) is 43.2 Å². The first-order valence-corrected chi connectivity index (χ1v) is 8.01. The average molecular weight is 323 g/mol. The van der Waals surface area contributed by atoms with Gasteiger partial charge >= 0.3 is 5.97 Å². The van der Waals surface area contributed by atoms with Crippen LogP contribution >= 0.6 is 0 Å². The molecule has 0 saturated heterocycles. The van der Waals surface area contributed by atoms with Crippen molar-refractivity contribution in [3.05, 3.63) is 59.4 Å². The number of aliphatic carboxylic acids is 1. The summed E-state index contributed by atoms with van der Waals surface area (Å²) in [6.45, 7) is 4.63. The average Bonchev–Trinajstić information content (AvgIpc) is 2.98. The molecular weight excluding hydrogens is 302 g/mol. The first kappa shape index (κ1) is 16.1. The Morgan fingerprint density at radius 2 is 2.00 bits per heavy atom. The number of imidazole rings is 1. The number of hydrogen-bond donors (Lipinski definition) is 3. The van der Waals surface area contributed by atoms with E-state index in [1.54, 1.807) is 0 Å². The maximum absolute atomic E-state index is 11.3. The Labute approximate surface area is 140 Å². The maximum atomic E-state index is 11.3. The summed E-state index contributed by atoms with van der Waals surface area (Å²) >= 11 is 0. The summed E-state index contributed by atoms with van der Waals surface area (Å²) in [4.78, 5) is 19.1. The highest BCUT2D eigenvalue weighted by Gasteiger charge is 2.19. The van der Waals surface area contributed by atoms with E-state index in [0.717, 1.165) is 16.7 Å². The van der Waals surface area contributed by atoms with E-state index in [4.69, 9.17) is 0 Å². The summed E-state index contributed by atoms with van der Waals surface area (Å²) in [5, 5.41) is 12.6. The maximum Gasteiger partial charge on any atom is 0.304 e. The number of nitrogens with one attached hydrogen (secondary N) is 2. The zero-order chi connectivity index (χ0) is 17.1. The van der Waals surface area contributed by atoms with Crippen molar-refractivity contribution in [1.82, 2.24) is 9.97 Å². The van der Waals surface area contributed by atoms with E-state index < -0.39 is 5.97 Å². The first-order chi connectivity index (χ1) is 11.5. The molecule has 1 unspecified atom stereocenters. The molecule has 0 saturated carbocycles. The van der Waals surface area contributed by atoms with Crippen molar-refractivity contribution in [2.45, 2.75) is 26.2 Å². The number of carboxylic acid groups (broad SMARTS) is 1. The van der Waals surface area contributed by atoms with Gasteiger partial charge in [-0.1, -0.05) is 24.3 Å². The molecule has 3 rings (SSSR count). The highest BCUT2D eigenvalue weighted by atomic mass is 16.4. The molecule has 5 heteroatoms. The second-order valence-corrected chi connectivity index (χ2v) is 6.06. The van der Waals surface area contributed by atoms with Crippen LogP contribution in [0.15, 0.2) is 42.5 Å². The van der Waals surface area contributed by atoms with Crippen molar-refractivity contribution < 1.29 is 9.90 Å². The highest BCUT2D eigenvalue weighted by molar-refractivity contribution is 5.75. The van der Waals surface area contributed by atoms with Crippen molar-refractivity contribution in [2.75, 3.05) is 11.9 Å². The molecule has 0 aliphatic carbocycles. The zero-order valence-corrected chi connectivity index (χ0v) is 13.8. The van der Waals surface area contributed by atoms with Gasteiger partial charge in [-0.25, -0.2) is 4.98 Å². The fourth-order valence-corrected chi connectivity index (χ4v) is 2.82. The van der Waals surface area contributed by atoms with Crippen LogP contribution in [0.2, 0.25) is 0 Å². The van der Waals surface area contributed by atoms with Crippen LogP contribution in [0.1, 0.15) is 29.3 Å². The number of aryl methyl sites for hydroxylation is 1. The molecule has 1 heterocycles. The first-order valence-electron chi connectivity index (χ1n) is 8.01. The Balaban J connectivity index is 1.83. The van der Waals surface area contributed by atoms with Crippen molar-refractivity contribution in [2.24, 2.45) is 0 Å². The number of aromatic nitrogens is 2. The minimum Gasteiger partial charge on any atom is -0.481 e. The van der Waals surface area contributed by atoms with Crippen molar-refractivity contribution in [3.8, 4) is 0 Å². The van der Waals surface area contributed by atoms with E-state index in [2.05, 4.69) is 35.2 Å². The number of H-pyrrole nitrogens is 1. The van der Waals surface area contributed by atoms with E-state index in [1.807, 2.05) is 36.4 Å². The zero-order valence-electron chi connectivity index (χ0n) is 13.8. The predicted molar refractivity (Wildman–Crippen MR) is 95.5 cm³/mol. The number of aromatic amines is 1. The molecule has 1 aromatic heterocycles. The lowest BCUT2D eigenvalue weighted by molar-refractivity contribution is -0.137. The quantitative estimate of drug-likeness (QED) is 0.644. The number of rotatable bonds is 6. The molecule has 2 aromatic carbocycles. The molecule has 0 radical (unpaired) electrons. The molecule has 0 amide bonds. The van der Waals surface area contributed by atoms with Crippen molar-refractivity contribution in [3.63, 3.8) is 0 Å². The number of anilines is 1. The largest absolute Gasteiger partial charge is 0.481 e. The van der Waals surface area contributed by atoms with Crippen LogP contribution in [0.25, 0.3) is 11.0 Å². The monoisotopic (exact) mass is 323 g/mol. The van der Waals surface area contributed by atoms with Gasteiger partial charge < -0.3 is 15.4 Å². The van der Waals surface area contributed by atoms with Gasteiger partial charge in [0.15, 0.2) is 0 Å². The number of benzene rings is 2. The third-order valence-electron chi connectivity index (χ3n) is 4.36. The lowest BCUT2D eigenvalue weighted by atomic mass is 10.0. The number of para-hydroxylation sites is 2. The third-order valence-corrected chi connectivity index (χ3v) is 4.36. The van der Waals surface area contributed by atoms with E-state index in [0.29, 0.717) is 12.4 Å². The lowest BCUT2D eigenvalue weighted by Crippen LogP contribution is -2.18. The van der Waals surface area contributed by atoms with Gasteiger partial charge in [0.2, 0.25) is 0 Å². The summed E-state index contributed by atoms with van der Waals surface area (Å²) < 4.78 is 0. The molecule has 1 atom stereocenters. The second kappa shape index (κ2) is 6.74. The molecule has 124 valence electrons. The Bertz CT molecular complexity index is 837. The van der Waals surface area contributed by atoms with E-state index in [1.165, 1.54) is 11.1 Å². The summed E-state index contributed by atoms with van der Waals surface area (Å²) in [6.07, 6.45) is 0.0255. The van der Waals surface area contributed by atoms with Crippen LogP contribution in [-0.2, 0) is 4.79 Å². The Kier molecular flexibility index (Phi) is 4.51. The smallest absolute Gasteiger partial charge is 0.304 e. The predicted octanol–water partition coefficient (Wildman–Crippen LogP) is 3.85. The second-order valence-electron chi connectivity index (χ2n) is 6.06. The van der Waals surface area contributed by atoms with Crippen LogP contribution in [0.5, 0.6) is 0 Å². The SMILES string of the molecule is Cc1cccc(NCC(CC(=O)O)c2nc3ccccc3[nH]2)c1C. The standard InChI is InChI=1S/C19H21N3O2/c1-12-6-5-9-15(13(12)2)20-11-14(10-18(23)24)19-21-16-7-3-4-8-17(16)22-19/h3-9,14,20H,10-11H2,1-2H3,(H,21,22)(H,23,24). The molecule has 0 aliphatic rings. The third kappa shape index (κ3) is 3.40. The molecule has 0 aliphatic heterocycles. The molecule has 3 N–H and O–H groups in total. The summed E-state index contributed by atoms with van der Waals surface area (Å²) in [5.41, 5.74) is 5.19. The minimum absolute atomic E-state index is 0.0255. The topological polar surface area (TPSA) is 78.0 Å². The van der Waals surface area contributed by atoms with Gasteiger partial charge in [-0.15, -0.1) is 0 Å². The highest BCUT2D eigenvalue weighted by Crippen LogP contribution is 2.23. The van der Waals surface area contributed by atoms with Crippen LogP contribution in [-0.4, -0.2) is 27.6 Å². The summed E-state index contributed by atoms with van der Waals surface area (Å²) in [7, 11) is 0. The van der Waals surface area contributed by atoms with Gasteiger partial charge in [0, 0.05) is 18.2 Å². The number of carboxylic acids is 1. The van der Waals surface area contributed by atoms with Crippen LogP contribution in [0.3, 0.4) is 0 Å². The van der Waals surface area contributed by atoms with Crippen molar-refractivity contribution in [1.29, 1.82) is 0 Å². The van der Waals surface area contributed by atoms with Gasteiger partial charge in [-0.2, -0.15) is 0 Å². The molecule has 5 nitrogen and oxygen atoms in total. The van der Waals surface area contributed by atoms with Gasteiger partial charge in [0.05, 0.1) is 17.5 Å². The fraction of sp³-hybridized carbons (Fsp3) is 0.263. The molecule has 0 fully saturated rings. The Morgan fingerprint density at radius 3 is 2.75 bits per heavy atom. The number of hydrogen-bond acceptors (Lipinski definition) is 3. The Morgan fingerprint density at radius 1 is 1.21 bits per heavy atom. The van der Waals surface area contributed by atoms with Gasteiger partial charge in [0.1, 0.15) is 5.82 Å². The van der Waals surface area contributed by atoms with Crippen molar-refractivity contribution >= 4 is 22.7 Å². The summed E-state index contributed by atoms with van der Waals surface area (Å²) in [5.74, 6) is -0.352.